The maximum atomic E-state index is 2.73. The van der Waals surface area contributed by atoms with Crippen molar-refractivity contribution in [3.05, 3.63) is 252 Å². The molecule has 10 aromatic carbocycles. The number of para-hydroxylation sites is 2. The fraction of sp³-hybridized carbons (Fsp3) is 0.250. The summed E-state index contributed by atoms with van der Waals surface area (Å²) in [7, 11) is 0. The lowest BCUT2D eigenvalue weighted by Gasteiger charge is -2.48. The van der Waals surface area contributed by atoms with Gasteiger partial charge in [0, 0.05) is 45.4 Å². The van der Waals surface area contributed by atoms with E-state index in [1.165, 1.54) is 112 Å². The van der Waals surface area contributed by atoms with Gasteiger partial charge in [-0.25, -0.2) is 0 Å². The van der Waals surface area contributed by atoms with Gasteiger partial charge in [-0.2, -0.15) is 0 Å². The molecule has 0 unspecified atom stereocenters. The van der Waals surface area contributed by atoms with Crippen LogP contribution in [0.5, 0.6) is 0 Å². The Hall–Kier alpha value is -8.34. The van der Waals surface area contributed by atoms with Crippen molar-refractivity contribution in [2.24, 2.45) is 0 Å². The van der Waals surface area contributed by atoms with Crippen LogP contribution in [-0.4, -0.2) is 6.71 Å². The van der Waals surface area contributed by atoms with Gasteiger partial charge in [0.05, 0.1) is 11.4 Å². The van der Waals surface area contributed by atoms with Crippen molar-refractivity contribution in [2.75, 3.05) is 14.7 Å². The van der Waals surface area contributed by atoms with E-state index in [0.717, 1.165) is 42.0 Å². The molecule has 2 heterocycles. The van der Waals surface area contributed by atoms with Crippen LogP contribution in [0.1, 0.15) is 130 Å². The second kappa shape index (κ2) is 19.6. The first-order valence-corrected chi connectivity index (χ1v) is 30.8. The Balaban J connectivity index is 1.15. The van der Waals surface area contributed by atoms with E-state index < -0.39 is 0 Å². The zero-order valence-electron chi connectivity index (χ0n) is 51.1. The van der Waals surface area contributed by atoms with E-state index in [4.69, 9.17) is 0 Å². The van der Waals surface area contributed by atoms with Crippen LogP contribution in [0.2, 0.25) is 0 Å². The van der Waals surface area contributed by atoms with Crippen molar-refractivity contribution >= 4 is 74.3 Å². The highest BCUT2D eigenvalue weighted by molar-refractivity contribution is 7.00. The van der Waals surface area contributed by atoms with Gasteiger partial charge in [-0.05, 0) is 198 Å². The van der Waals surface area contributed by atoms with E-state index in [0.29, 0.717) is 0 Å². The van der Waals surface area contributed by atoms with Crippen molar-refractivity contribution < 1.29 is 0 Å². The van der Waals surface area contributed by atoms with Crippen molar-refractivity contribution in [2.45, 2.75) is 129 Å². The average Bonchev–Trinajstić information content (AvgIpc) is 0.814. The van der Waals surface area contributed by atoms with E-state index >= 15 is 0 Å². The van der Waals surface area contributed by atoms with Crippen LogP contribution in [0.4, 0.5) is 51.2 Å². The van der Waals surface area contributed by atoms with E-state index in [2.05, 4.69) is 315 Å². The number of rotatable bonds is 8. The Kier molecular flexibility index (Phi) is 12.5. The summed E-state index contributed by atoms with van der Waals surface area (Å²) in [5.74, 6) is 0. The highest BCUT2D eigenvalue weighted by atomic mass is 15.2. The predicted molar refractivity (Wildman–Crippen MR) is 361 cm³/mol. The predicted octanol–water partition coefficient (Wildman–Crippen LogP) is 20.2. The zero-order valence-corrected chi connectivity index (χ0v) is 51.1. The third kappa shape index (κ3) is 8.93. The number of nitrogens with zero attached hydrogens (tertiary/aromatic N) is 3. The van der Waals surface area contributed by atoms with Gasteiger partial charge in [0.25, 0.3) is 6.71 Å². The minimum absolute atomic E-state index is 0.0225. The monoisotopic (exact) mass is 1090 g/mol. The van der Waals surface area contributed by atoms with Crippen molar-refractivity contribution in [3.8, 4) is 33.4 Å². The lowest BCUT2D eigenvalue weighted by Crippen LogP contribution is -2.62. The molecule has 0 spiro atoms. The molecule has 4 aliphatic rings. The van der Waals surface area contributed by atoms with Gasteiger partial charge in [-0.15, -0.1) is 0 Å². The molecule has 0 N–H and O–H groups in total. The molecule has 0 aromatic heterocycles. The van der Waals surface area contributed by atoms with Gasteiger partial charge >= 0.3 is 0 Å². The Labute approximate surface area is 500 Å². The summed E-state index contributed by atoms with van der Waals surface area (Å²) < 4.78 is 0. The topological polar surface area (TPSA) is 9.72 Å². The van der Waals surface area contributed by atoms with Crippen molar-refractivity contribution in [1.82, 2.24) is 0 Å². The van der Waals surface area contributed by atoms with Crippen LogP contribution in [-0.2, 0) is 27.1 Å². The number of hydrogen-bond acceptors (Lipinski definition) is 3. The quantitative estimate of drug-likeness (QED) is 0.140. The van der Waals surface area contributed by atoms with Crippen molar-refractivity contribution in [3.63, 3.8) is 0 Å². The summed E-state index contributed by atoms with van der Waals surface area (Å²) in [5, 5.41) is 0. The lowest BCUT2D eigenvalue weighted by atomic mass is 9.33. The normalized spacial score (nSPS) is 16.6. The van der Waals surface area contributed by atoms with E-state index in [1.807, 2.05) is 0 Å². The molecule has 0 bridgehead atoms. The van der Waals surface area contributed by atoms with Crippen LogP contribution < -0.4 is 31.1 Å². The Morgan fingerprint density at radius 3 is 1.42 bits per heavy atom. The summed E-state index contributed by atoms with van der Waals surface area (Å²) >= 11 is 0. The lowest BCUT2D eigenvalue weighted by molar-refractivity contribution is 0.332. The Bertz CT molecular complexity index is 4150. The van der Waals surface area contributed by atoms with Crippen LogP contribution in [0.15, 0.2) is 224 Å². The molecule has 0 atom stereocenters. The first kappa shape index (κ1) is 53.7. The number of benzene rings is 10. The smallest absolute Gasteiger partial charge is 0.252 e. The summed E-state index contributed by atoms with van der Waals surface area (Å²) in [4.78, 5) is 7.83. The molecule has 0 amide bonds. The van der Waals surface area contributed by atoms with Crippen LogP contribution in [0, 0.1) is 0 Å². The number of anilines is 9. The SMILES string of the molecule is CC(C)(C)c1ccc(N2c3cc4c(cc3B3c5ccc(-c6ccccc6)cc5N(c5cccc(-c6ccccc6)c5)c5cc(N(c6ccccc6)c6ccccc6)cc2c53)C(C)(C)CCC4(C)C)c(-c2ccc3c(c2)C(C)(C)CCC3(C)C)c1. The number of hydrogen-bond donors (Lipinski definition) is 0. The fourth-order valence-electron chi connectivity index (χ4n) is 14.8. The molecular weight excluding hydrogens is 1010 g/mol. The van der Waals surface area contributed by atoms with Crippen LogP contribution in [0.3, 0.4) is 0 Å². The molecule has 4 heteroatoms. The molecule has 2 aliphatic heterocycles. The van der Waals surface area contributed by atoms with Crippen molar-refractivity contribution in [1.29, 1.82) is 0 Å². The molecule has 416 valence electrons. The first-order valence-electron chi connectivity index (χ1n) is 30.8. The largest absolute Gasteiger partial charge is 0.311 e. The average molecular weight is 1090 g/mol. The molecule has 2 aliphatic carbocycles. The van der Waals surface area contributed by atoms with Gasteiger partial charge < -0.3 is 14.7 Å². The van der Waals surface area contributed by atoms with E-state index in [1.54, 1.807) is 0 Å². The molecule has 0 saturated carbocycles. The van der Waals surface area contributed by atoms with Gasteiger partial charge in [-0.3, -0.25) is 0 Å². The summed E-state index contributed by atoms with van der Waals surface area (Å²) in [6.07, 6.45) is 4.58. The van der Waals surface area contributed by atoms with Crippen LogP contribution >= 0.6 is 0 Å². The highest BCUT2D eigenvalue weighted by Crippen LogP contribution is 2.55. The third-order valence-electron chi connectivity index (χ3n) is 19.9. The molecule has 0 radical (unpaired) electrons. The van der Waals surface area contributed by atoms with Gasteiger partial charge in [0.2, 0.25) is 0 Å². The molecule has 3 nitrogen and oxygen atoms in total. The van der Waals surface area contributed by atoms with E-state index in [-0.39, 0.29) is 33.8 Å². The summed E-state index contributed by atoms with van der Waals surface area (Å²) in [6, 6.07) is 85.9. The highest BCUT2D eigenvalue weighted by Gasteiger charge is 2.48. The number of fused-ring (bicyclic) bond motifs is 6. The zero-order chi connectivity index (χ0) is 58.1. The van der Waals surface area contributed by atoms with Gasteiger partial charge in [-0.1, -0.05) is 228 Å². The third-order valence-corrected chi connectivity index (χ3v) is 19.9. The molecular formula is C80H78BN3. The molecule has 14 rings (SSSR count). The maximum Gasteiger partial charge on any atom is 0.252 e. The minimum Gasteiger partial charge on any atom is -0.311 e. The van der Waals surface area contributed by atoms with E-state index in [9.17, 15) is 0 Å². The standard InChI is InChI=1S/C80H78BN3/c1-76(2,3)58-37-40-70(63(48-58)57-35-38-64-65(46-57)78(6,7)42-41-77(64,4)5)84-72-52-67-66(79(8,9)43-44-80(67,10)11)51-69(72)81-68-39-36-56(54-27-18-13-19-28-54)47-71(68)83(61-34-24-29-55(45-61)53-25-16-12-17-26-53)73-49-62(50-74(84)75(73)81)82(59-30-20-14-21-31-59)60-32-22-15-23-33-60/h12-40,45-52H,41-44H2,1-11H3. The molecule has 84 heavy (non-hydrogen) atoms. The van der Waals surface area contributed by atoms with Gasteiger partial charge in [0.1, 0.15) is 0 Å². The minimum atomic E-state index is -0.0965. The molecule has 0 fully saturated rings. The summed E-state index contributed by atoms with van der Waals surface area (Å²) in [5.41, 5.74) is 28.8. The second-order valence-corrected chi connectivity index (χ2v) is 28.3. The van der Waals surface area contributed by atoms with Gasteiger partial charge in [0.15, 0.2) is 0 Å². The fourth-order valence-corrected chi connectivity index (χ4v) is 14.8. The summed E-state index contributed by atoms with van der Waals surface area (Å²) in [6.45, 7) is 26.8. The molecule has 0 saturated heterocycles. The maximum absolute atomic E-state index is 2.73. The Morgan fingerprint density at radius 1 is 0.345 bits per heavy atom. The second-order valence-electron chi connectivity index (χ2n) is 28.3. The Morgan fingerprint density at radius 2 is 0.833 bits per heavy atom. The molecule has 10 aromatic rings. The van der Waals surface area contributed by atoms with Crippen LogP contribution in [0.25, 0.3) is 33.4 Å². The first-order chi connectivity index (χ1) is 40.3.